The molecule has 1 heterocycles. The van der Waals surface area contributed by atoms with Crippen LogP contribution in [0.15, 0.2) is 24.5 Å². The van der Waals surface area contributed by atoms with E-state index in [4.69, 9.17) is 5.73 Å². The number of nitrogens with zero attached hydrogens (tertiary/aromatic N) is 2. The molecule has 0 aliphatic carbocycles. The number of anilines is 1. The minimum atomic E-state index is 0.749. The summed E-state index contributed by atoms with van der Waals surface area (Å²) in [5, 5.41) is 6.60. The van der Waals surface area contributed by atoms with E-state index in [1.807, 2.05) is 18.2 Å². The number of hydrogen-bond donors (Lipinski definition) is 2. The molecule has 0 aliphatic heterocycles. The van der Waals surface area contributed by atoms with Crippen LogP contribution < -0.4 is 5.73 Å². The van der Waals surface area contributed by atoms with Gasteiger partial charge in [-0.2, -0.15) is 5.10 Å². The monoisotopic (exact) mass is 188 g/mol. The molecular weight excluding hydrogens is 176 g/mol. The summed E-state index contributed by atoms with van der Waals surface area (Å²) < 4.78 is 0. The first-order valence-corrected chi connectivity index (χ1v) is 4.55. The number of nitrogen functional groups attached to an aromatic ring is 1. The van der Waals surface area contributed by atoms with Crippen LogP contribution in [0.2, 0.25) is 0 Å². The molecule has 2 aromatic rings. The number of aromatic nitrogens is 3. The molecule has 3 N–H and O–H groups in total. The van der Waals surface area contributed by atoms with Crippen molar-refractivity contribution in [1.82, 2.24) is 15.2 Å². The van der Waals surface area contributed by atoms with Crippen LogP contribution in [0, 0.1) is 0 Å². The summed E-state index contributed by atoms with van der Waals surface area (Å²) in [5.41, 5.74) is 8.81. The van der Waals surface area contributed by atoms with Crippen LogP contribution in [0.25, 0.3) is 11.4 Å². The molecule has 0 fully saturated rings. The number of H-pyrrole nitrogens is 1. The summed E-state index contributed by atoms with van der Waals surface area (Å²) in [7, 11) is 0. The van der Waals surface area contributed by atoms with Crippen molar-refractivity contribution in [2.24, 2.45) is 0 Å². The van der Waals surface area contributed by atoms with Gasteiger partial charge in [-0.3, -0.25) is 5.10 Å². The second-order valence-electron chi connectivity index (χ2n) is 3.10. The van der Waals surface area contributed by atoms with Crippen molar-refractivity contribution in [3.05, 3.63) is 30.1 Å². The topological polar surface area (TPSA) is 67.6 Å². The van der Waals surface area contributed by atoms with Gasteiger partial charge in [-0.05, 0) is 18.1 Å². The Hall–Kier alpha value is -1.84. The lowest BCUT2D eigenvalue weighted by Gasteiger charge is -2.03. The fraction of sp³-hybridized carbons (Fsp3) is 0.200. The van der Waals surface area contributed by atoms with Gasteiger partial charge in [0.15, 0.2) is 5.82 Å². The largest absolute Gasteiger partial charge is 0.398 e. The van der Waals surface area contributed by atoms with Crippen LogP contribution in [-0.4, -0.2) is 15.2 Å². The molecule has 14 heavy (non-hydrogen) atoms. The second kappa shape index (κ2) is 3.49. The third-order valence-electron chi connectivity index (χ3n) is 2.22. The minimum Gasteiger partial charge on any atom is -0.398 e. The molecule has 0 radical (unpaired) electrons. The van der Waals surface area contributed by atoms with E-state index in [0.29, 0.717) is 0 Å². The average molecular weight is 188 g/mol. The maximum atomic E-state index is 5.88. The van der Waals surface area contributed by atoms with Gasteiger partial charge in [0.25, 0.3) is 0 Å². The van der Waals surface area contributed by atoms with Crippen molar-refractivity contribution in [1.29, 1.82) is 0 Å². The summed E-state index contributed by atoms with van der Waals surface area (Å²) in [6.45, 7) is 2.08. The summed E-state index contributed by atoms with van der Waals surface area (Å²) in [5.74, 6) is 0.749. The minimum absolute atomic E-state index is 0.749. The van der Waals surface area contributed by atoms with E-state index < -0.39 is 0 Å². The number of nitrogens with two attached hydrogens (primary N) is 1. The number of rotatable bonds is 2. The Labute approximate surface area is 82.2 Å². The number of aryl methyl sites for hydroxylation is 1. The summed E-state index contributed by atoms with van der Waals surface area (Å²) in [6, 6.07) is 5.93. The van der Waals surface area contributed by atoms with Gasteiger partial charge in [-0.15, -0.1) is 0 Å². The molecule has 1 aromatic heterocycles. The van der Waals surface area contributed by atoms with Crippen LogP contribution in [0.1, 0.15) is 12.5 Å². The van der Waals surface area contributed by atoms with Crippen molar-refractivity contribution >= 4 is 5.69 Å². The number of nitrogens with one attached hydrogen (secondary N) is 1. The van der Waals surface area contributed by atoms with Gasteiger partial charge in [0.1, 0.15) is 6.33 Å². The zero-order valence-electron chi connectivity index (χ0n) is 7.99. The van der Waals surface area contributed by atoms with Crippen molar-refractivity contribution < 1.29 is 0 Å². The SMILES string of the molecule is CCc1ccc(-c2ncn[nH]2)cc1N. The Morgan fingerprint density at radius 2 is 2.29 bits per heavy atom. The molecule has 0 saturated heterocycles. The lowest BCUT2D eigenvalue weighted by atomic mass is 10.1. The molecule has 0 saturated carbocycles. The molecule has 4 heteroatoms. The summed E-state index contributed by atoms with van der Waals surface area (Å²) in [4.78, 5) is 4.06. The first kappa shape index (κ1) is 8.74. The fourth-order valence-corrected chi connectivity index (χ4v) is 1.41. The zero-order valence-corrected chi connectivity index (χ0v) is 7.99. The molecule has 0 aliphatic rings. The highest BCUT2D eigenvalue weighted by Crippen LogP contribution is 2.20. The van der Waals surface area contributed by atoms with Gasteiger partial charge in [0, 0.05) is 11.3 Å². The van der Waals surface area contributed by atoms with Crippen molar-refractivity contribution in [3.63, 3.8) is 0 Å². The molecular formula is C10H12N4. The highest BCUT2D eigenvalue weighted by molar-refractivity contribution is 5.63. The molecule has 72 valence electrons. The fourth-order valence-electron chi connectivity index (χ4n) is 1.41. The lowest BCUT2D eigenvalue weighted by Crippen LogP contribution is -1.93. The van der Waals surface area contributed by atoms with E-state index in [1.165, 1.54) is 6.33 Å². The number of benzene rings is 1. The van der Waals surface area contributed by atoms with E-state index >= 15 is 0 Å². The Morgan fingerprint density at radius 1 is 1.43 bits per heavy atom. The van der Waals surface area contributed by atoms with Gasteiger partial charge in [0.2, 0.25) is 0 Å². The van der Waals surface area contributed by atoms with Gasteiger partial charge in [-0.25, -0.2) is 4.98 Å². The number of hydrogen-bond acceptors (Lipinski definition) is 3. The number of aromatic amines is 1. The van der Waals surface area contributed by atoms with Crippen molar-refractivity contribution in [3.8, 4) is 11.4 Å². The second-order valence-corrected chi connectivity index (χ2v) is 3.10. The van der Waals surface area contributed by atoms with Crippen molar-refractivity contribution in [2.45, 2.75) is 13.3 Å². The molecule has 0 bridgehead atoms. The highest BCUT2D eigenvalue weighted by atomic mass is 15.2. The smallest absolute Gasteiger partial charge is 0.155 e. The van der Waals surface area contributed by atoms with Crippen LogP contribution in [0.3, 0.4) is 0 Å². The highest BCUT2D eigenvalue weighted by Gasteiger charge is 2.03. The molecule has 0 unspecified atom stereocenters. The zero-order chi connectivity index (χ0) is 9.97. The van der Waals surface area contributed by atoms with E-state index in [0.717, 1.165) is 29.1 Å². The van der Waals surface area contributed by atoms with Crippen LogP contribution in [-0.2, 0) is 6.42 Å². The molecule has 2 rings (SSSR count). The molecule has 0 spiro atoms. The van der Waals surface area contributed by atoms with Gasteiger partial charge >= 0.3 is 0 Å². The molecule has 0 atom stereocenters. The quantitative estimate of drug-likeness (QED) is 0.703. The van der Waals surface area contributed by atoms with Crippen LogP contribution in [0.4, 0.5) is 5.69 Å². The van der Waals surface area contributed by atoms with E-state index in [2.05, 4.69) is 22.1 Å². The third-order valence-corrected chi connectivity index (χ3v) is 2.22. The Kier molecular flexibility index (Phi) is 2.18. The van der Waals surface area contributed by atoms with Gasteiger partial charge in [0.05, 0.1) is 0 Å². The molecule has 4 nitrogen and oxygen atoms in total. The third kappa shape index (κ3) is 1.46. The first-order valence-electron chi connectivity index (χ1n) is 4.55. The van der Waals surface area contributed by atoms with E-state index in [-0.39, 0.29) is 0 Å². The standard InChI is InChI=1S/C10H12N4/c1-2-7-3-4-8(5-9(7)11)10-12-6-13-14-10/h3-6H,2,11H2,1H3,(H,12,13,14). The maximum Gasteiger partial charge on any atom is 0.155 e. The predicted octanol–water partition coefficient (Wildman–Crippen LogP) is 1.62. The van der Waals surface area contributed by atoms with E-state index in [1.54, 1.807) is 0 Å². The predicted molar refractivity (Wildman–Crippen MR) is 55.6 cm³/mol. The van der Waals surface area contributed by atoms with E-state index in [9.17, 15) is 0 Å². The maximum absolute atomic E-state index is 5.88. The van der Waals surface area contributed by atoms with Crippen molar-refractivity contribution in [2.75, 3.05) is 5.73 Å². The molecule has 0 amide bonds. The summed E-state index contributed by atoms with van der Waals surface area (Å²) in [6.07, 6.45) is 2.43. The first-order chi connectivity index (χ1) is 6.81. The Morgan fingerprint density at radius 3 is 2.86 bits per heavy atom. The van der Waals surface area contributed by atoms with Crippen LogP contribution in [0.5, 0.6) is 0 Å². The van der Waals surface area contributed by atoms with Gasteiger partial charge < -0.3 is 5.73 Å². The lowest BCUT2D eigenvalue weighted by molar-refractivity contribution is 1.09. The average Bonchev–Trinajstić information content (AvgIpc) is 2.70. The molecule has 1 aromatic carbocycles. The summed E-state index contributed by atoms with van der Waals surface area (Å²) >= 11 is 0. The van der Waals surface area contributed by atoms with Gasteiger partial charge in [-0.1, -0.05) is 19.1 Å². The Balaban J connectivity index is 2.43. The Bertz CT molecular complexity index is 420. The normalized spacial score (nSPS) is 10.4. The van der Waals surface area contributed by atoms with Crippen LogP contribution >= 0.6 is 0 Å².